The standard InChI is InChI=1S/C26H15BrN2/c27-19-10-12-23-21(15-19)26(24-11-9-16-5-3-4-8-22(16)28-24)20-13-17-6-1-2-7-18(17)14-25(20)29-23/h1-15H. The van der Waals surface area contributed by atoms with Gasteiger partial charge in [0.05, 0.1) is 22.2 Å². The number of fused-ring (bicyclic) bond motifs is 4. The fourth-order valence-electron chi connectivity index (χ4n) is 4.08. The first-order valence-corrected chi connectivity index (χ1v) is 10.3. The van der Waals surface area contributed by atoms with E-state index in [1.165, 1.54) is 10.8 Å². The molecule has 0 atom stereocenters. The van der Waals surface area contributed by atoms with Gasteiger partial charge in [0, 0.05) is 26.2 Å². The molecule has 0 saturated carbocycles. The maximum atomic E-state index is 5.01. The van der Waals surface area contributed by atoms with E-state index < -0.39 is 0 Å². The molecule has 0 fully saturated rings. The largest absolute Gasteiger partial charge is 0.248 e. The van der Waals surface area contributed by atoms with Crippen LogP contribution in [0.1, 0.15) is 0 Å². The second-order valence-electron chi connectivity index (χ2n) is 7.25. The van der Waals surface area contributed by atoms with Gasteiger partial charge in [0.25, 0.3) is 0 Å². The van der Waals surface area contributed by atoms with Crippen LogP contribution in [0.2, 0.25) is 0 Å². The monoisotopic (exact) mass is 434 g/mol. The Morgan fingerprint density at radius 3 is 2.10 bits per heavy atom. The van der Waals surface area contributed by atoms with E-state index in [2.05, 4.69) is 88.7 Å². The number of benzene rings is 4. The minimum atomic E-state index is 0.967. The Hall–Kier alpha value is -3.30. The number of hydrogen-bond acceptors (Lipinski definition) is 2. The third kappa shape index (κ3) is 2.70. The van der Waals surface area contributed by atoms with Crippen molar-refractivity contribution in [2.75, 3.05) is 0 Å². The minimum Gasteiger partial charge on any atom is -0.248 e. The van der Waals surface area contributed by atoms with Crippen LogP contribution in [0.3, 0.4) is 0 Å². The van der Waals surface area contributed by atoms with Crippen LogP contribution in [0.4, 0.5) is 0 Å². The predicted molar refractivity (Wildman–Crippen MR) is 125 cm³/mol. The molecule has 0 unspecified atom stereocenters. The number of hydrogen-bond donors (Lipinski definition) is 0. The molecule has 0 bridgehead atoms. The van der Waals surface area contributed by atoms with Gasteiger partial charge in [0.1, 0.15) is 0 Å². The topological polar surface area (TPSA) is 25.8 Å². The summed E-state index contributed by atoms with van der Waals surface area (Å²) in [6.45, 7) is 0. The van der Waals surface area contributed by atoms with E-state index in [0.29, 0.717) is 0 Å². The molecule has 2 heterocycles. The third-order valence-electron chi connectivity index (χ3n) is 5.46. The van der Waals surface area contributed by atoms with Gasteiger partial charge in [0.2, 0.25) is 0 Å². The summed E-state index contributed by atoms with van der Waals surface area (Å²) in [5.41, 5.74) is 5.06. The van der Waals surface area contributed by atoms with Crippen LogP contribution in [0, 0.1) is 0 Å². The zero-order valence-corrected chi connectivity index (χ0v) is 17.0. The molecule has 0 radical (unpaired) electrons. The zero-order valence-electron chi connectivity index (χ0n) is 15.4. The molecule has 29 heavy (non-hydrogen) atoms. The number of rotatable bonds is 1. The first-order valence-electron chi connectivity index (χ1n) is 9.54. The molecule has 0 spiro atoms. The third-order valence-corrected chi connectivity index (χ3v) is 5.95. The predicted octanol–water partition coefficient (Wildman–Crippen LogP) is 7.52. The lowest BCUT2D eigenvalue weighted by Crippen LogP contribution is -1.92. The van der Waals surface area contributed by atoms with Crippen molar-refractivity contribution in [2.45, 2.75) is 0 Å². The van der Waals surface area contributed by atoms with Gasteiger partial charge >= 0.3 is 0 Å². The van der Waals surface area contributed by atoms with Gasteiger partial charge in [-0.15, -0.1) is 0 Å². The van der Waals surface area contributed by atoms with Crippen molar-refractivity contribution in [3.63, 3.8) is 0 Å². The van der Waals surface area contributed by atoms with Crippen molar-refractivity contribution in [3.8, 4) is 11.3 Å². The Balaban J connectivity index is 1.80. The van der Waals surface area contributed by atoms with Crippen LogP contribution in [-0.2, 0) is 0 Å². The Kier molecular flexibility index (Phi) is 3.65. The van der Waals surface area contributed by atoms with Crippen molar-refractivity contribution in [3.05, 3.63) is 95.5 Å². The van der Waals surface area contributed by atoms with Crippen LogP contribution >= 0.6 is 15.9 Å². The SMILES string of the molecule is Brc1ccc2nc3cc4ccccc4cc3c(-c3ccc4ccccc4n3)c2c1. The molecule has 0 saturated heterocycles. The quantitative estimate of drug-likeness (QED) is 0.250. The Morgan fingerprint density at radius 1 is 0.517 bits per heavy atom. The average molecular weight is 435 g/mol. The highest BCUT2D eigenvalue weighted by Crippen LogP contribution is 2.37. The van der Waals surface area contributed by atoms with E-state index in [4.69, 9.17) is 9.97 Å². The van der Waals surface area contributed by atoms with E-state index in [1.807, 2.05) is 18.2 Å². The number of para-hydroxylation sites is 1. The average Bonchev–Trinajstić information content (AvgIpc) is 2.76. The van der Waals surface area contributed by atoms with E-state index >= 15 is 0 Å². The van der Waals surface area contributed by atoms with E-state index in [0.717, 1.165) is 48.4 Å². The van der Waals surface area contributed by atoms with Gasteiger partial charge in [0.15, 0.2) is 0 Å². The van der Waals surface area contributed by atoms with E-state index in [1.54, 1.807) is 0 Å². The van der Waals surface area contributed by atoms with Gasteiger partial charge in [-0.3, -0.25) is 0 Å². The molecule has 136 valence electrons. The number of pyridine rings is 2. The van der Waals surface area contributed by atoms with Gasteiger partial charge in [-0.1, -0.05) is 64.5 Å². The molecule has 2 aromatic heterocycles. The molecule has 0 amide bonds. The molecule has 0 N–H and O–H groups in total. The minimum absolute atomic E-state index is 0.967. The van der Waals surface area contributed by atoms with Crippen molar-refractivity contribution >= 4 is 59.4 Å². The summed E-state index contributed by atoms with van der Waals surface area (Å²) in [4.78, 5) is 9.98. The van der Waals surface area contributed by atoms with E-state index in [-0.39, 0.29) is 0 Å². The summed E-state index contributed by atoms with van der Waals surface area (Å²) in [6, 6.07) is 31.6. The fourth-order valence-corrected chi connectivity index (χ4v) is 4.44. The summed E-state index contributed by atoms with van der Waals surface area (Å²) in [5, 5.41) is 5.77. The smallest absolute Gasteiger partial charge is 0.0723 e. The molecule has 0 aliphatic carbocycles. The Labute approximate surface area is 176 Å². The first-order chi connectivity index (χ1) is 14.3. The van der Waals surface area contributed by atoms with Crippen LogP contribution < -0.4 is 0 Å². The lowest BCUT2D eigenvalue weighted by atomic mass is 9.96. The highest BCUT2D eigenvalue weighted by Gasteiger charge is 2.14. The summed E-state index contributed by atoms with van der Waals surface area (Å²) >= 11 is 3.63. The first kappa shape index (κ1) is 16.6. The van der Waals surface area contributed by atoms with Crippen LogP contribution in [0.15, 0.2) is 95.5 Å². The number of aromatic nitrogens is 2. The molecular formula is C26H15BrN2. The second-order valence-corrected chi connectivity index (χ2v) is 8.17. The lowest BCUT2D eigenvalue weighted by Gasteiger charge is -2.13. The summed E-state index contributed by atoms with van der Waals surface area (Å²) in [7, 11) is 0. The Morgan fingerprint density at radius 2 is 1.24 bits per heavy atom. The van der Waals surface area contributed by atoms with Gasteiger partial charge in [-0.25, -0.2) is 9.97 Å². The maximum Gasteiger partial charge on any atom is 0.0723 e. The molecule has 3 heteroatoms. The van der Waals surface area contributed by atoms with Crippen LogP contribution in [0.5, 0.6) is 0 Å². The summed E-state index contributed by atoms with van der Waals surface area (Å²) in [5.74, 6) is 0. The molecule has 6 aromatic rings. The second kappa shape index (κ2) is 6.36. The maximum absolute atomic E-state index is 5.01. The molecule has 0 aliphatic heterocycles. The highest BCUT2D eigenvalue weighted by molar-refractivity contribution is 9.10. The van der Waals surface area contributed by atoms with Gasteiger partial charge < -0.3 is 0 Å². The van der Waals surface area contributed by atoms with E-state index in [9.17, 15) is 0 Å². The van der Waals surface area contributed by atoms with Crippen LogP contribution in [-0.4, -0.2) is 9.97 Å². The fraction of sp³-hybridized carbons (Fsp3) is 0. The normalized spacial score (nSPS) is 11.6. The van der Waals surface area contributed by atoms with Crippen molar-refractivity contribution in [2.24, 2.45) is 0 Å². The number of halogens is 1. The Bertz CT molecular complexity index is 1570. The van der Waals surface area contributed by atoms with Gasteiger partial charge in [-0.2, -0.15) is 0 Å². The zero-order chi connectivity index (χ0) is 19.4. The lowest BCUT2D eigenvalue weighted by molar-refractivity contribution is 1.41. The molecular weight excluding hydrogens is 420 g/mol. The van der Waals surface area contributed by atoms with Crippen molar-refractivity contribution in [1.29, 1.82) is 0 Å². The summed E-state index contributed by atoms with van der Waals surface area (Å²) < 4.78 is 1.04. The summed E-state index contributed by atoms with van der Waals surface area (Å²) in [6.07, 6.45) is 0. The van der Waals surface area contributed by atoms with Crippen molar-refractivity contribution < 1.29 is 0 Å². The number of nitrogens with zero attached hydrogens (tertiary/aromatic N) is 2. The molecule has 4 aromatic carbocycles. The molecule has 6 rings (SSSR count). The molecule has 2 nitrogen and oxygen atoms in total. The van der Waals surface area contributed by atoms with Crippen LogP contribution in [0.25, 0.3) is 54.7 Å². The van der Waals surface area contributed by atoms with Crippen molar-refractivity contribution in [1.82, 2.24) is 9.97 Å². The highest BCUT2D eigenvalue weighted by atomic mass is 79.9. The van der Waals surface area contributed by atoms with Gasteiger partial charge in [-0.05, 0) is 53.2 Å². The molecule has 0 aliphatic rings.